The van der Waals surface area contributed by atoms with Gasteiger partial charge in [0.2, 0.25) is 5.91 Å². The number of aryl methyl sites for hydroxylation is 1. The first-order valence-electron chi connectivity index (χ1n) is 7.73. The fourth-order valence-corrected chi connectivity index (χ4v) is 2.98. The maximum Gasteiger partial charge on any atom is 0.227 e. The van der Waals surface area contributed by atoms with Crippen LogP contribution in [0.25, 0.3) is 17.3 Å². The van der Waals surface area contributed by atoms with Crippen molar-refractivity contribution in [2.24, 2.45) is 0 Å². The van der Waals surface area contributed by atoms with Gasteiger partial charge in [0.15, 0.2) is 11.6 Å². The van der Waals surface area contributed by atoms with Gasteiger partial charge in [0.1, 0.15) is 5.76 Å². The smallest absolute Gasteiger partial charge is 0.227 e. The average molecular weight is 307 g/mol. The Kier molecular flexibility index (Phi) is 3.26. The van der Waals surface area contributed by atoms with Crippen molar-refractivity contribution in [3.63, 3.8) is 0 Å². The molecule has 1 saturated heterocycles. The van der Waals surface area contributed by atoms with E-state index in [4.69, 9.17) is 4.42 Å². The van der Waals surface area contributed by atoms with Crippen LogP contribution in [0.2, 0.25) is 0 Å². The molecule has 116 valence electrons. The second kappa shape index (κ2) is 5.43. The number of anilines is 1. The summed E-state index contributed by atoms with van der Waals surface area (Å²) in [6, 6.07) is 11.8. The average Bonchev–Trinajstić information content (AvgIpc) is 3.27. The summed E-state index contributed by atoms with van der Waals surface area (Å²) in [5.41, 5.74) is 1.89. The minimum atomic E-state index is 0.190. The van der Waals surface area contributed by atoms with E-state index < -0.39 is 0 Å². The standard InChI is InChI=1S/C18H17N3O2/c1-13-7-8-16(23-13)18-19-9-11-21(18)15-5-2-4-14(12-15)20-10-3-6-17(20)22/h2,4-5,7-9,11-12H,3,6,10H2,1H3. The number of imidazole rings is 1. The van der Waals surface area contributed by atoms with Gasteiger partial charge in [0.05, 0.1) is 0 Å². The van der Waals surface area contributed by atoms with Crippen molar-refractivity contribution in [2.75, 3.05) is 11.4 Å². The Labute approximate surface area is 134 Å². The first kappa shape index (κ1) is 13.8. The Morgan fingerprint density at radius 3 is 2.78 bits per heavy atom. The van der Waals surface area contributed by atoms with E-state index in [-0.39, 0.29) is 5.91 Å². The monoisotopic (exact) mass is 307 g/mol. The van der Waals surface area contributed by atoms with E-state index in [1.807, 2.05) is 59.0 Å². The SMILES string of the molecule is Cc1ccc(-c2nccn2-c2cccc(N3CCCC3=O)c2)o1. The zero-order valence-corrected chi connectivity index (χ0v) is 12.9. The van der Waals surface area contributed by atoms with Gasteiger partial charge in [-0.05, 0) is 43.7 Å². The van der Waals surface area contributed by atoms with Gasteiger partial charge in [-0.3, -0.25) is 9.36 Å². The Morgan fingerprint density at radius 1 is 1.17 bits per heavy atom. The first-order valence-corrected chi connectivity index (χ1v) is 7.73. The van der Waals surface area contributed by atoms with Gasteiger partial charge >= 0.3 is 0 Å². The topological polar surface area (TPSA) is 51.3 Å². The van der Waals surface area contributed by atoms with E-state index in [2.05, 4.69) is 4.98 Å². The van der Waals surface area contributed by atoms with Crippen molar-refractivity contribution in [1.82, 2.24) is 9.55 Å². The molecule has 3 heterocycles. The van der Waals surface area contributed by atoms with Crippen LogP contribution in [0.15, 0.2) is 53.2 Å². The molecule has 0 atom stereocenters. The van der Waals surface area contributed by atoms with E-state index in [9.17, 15) is 4.79 Å². The third-order valence-corrected chi connectivity index (χ3v) is 4.09. The number of benzene rings is 1. The molecule has 1 aromatic carbocycles. The van der Waals surface area contributed by atoms with E-state index in [0.717, 1.165) is 41.7 Å². The van der Waals surface area contributed by atoms with Gasteiger partial charge < -0.3 is 9.32 Å². The third kappa shape index (κ3) is 2.44. The highest BCUT2D eigenvalue weighted by atomic mass is 16.3. The third-order valence-electron chi connectivity index (χ3n) is 4.09. The second-order valence-electron chi connectivity index (χ2n) is 5.70. The van der Waals surface area contributed by atoms with Crippen LogP contribution in [0.5, 0.6) is 0 Å². The van der Waals surface area contributed by atoms with Crippen LogP contribution in [-0.4, -0.2) is 22.0 Å². The molecule has 5 heteroatoms. The number of carbonyl (C=O) groups is 1. The van der Waals surface area contributed by atoms with Crippen LogP contribution in [0.3, 0.4) is 0 Å². The molecule has 0 radical (unpaired) electrons. The largest absolute Gasteiger partial charge is 0.458 e. The van der Waals surface area contributed by atoms with Crippen molar-refractivity contribution < 1.29 is 9.21 Å². The number of aromatic nitrogens is 2. The maximum atomic E-state index is 12.0. The molecule has 0 bridgehead atoms. The molecule has 0 saturated carbocycles. The quantitative estimate of drug-likeness (QED) is 0.743. The zero-order valence-electron chi connectivity index (χ0n) is 12.9. The van der Waals surface area contributed by atoms with Gasteiger partial charge in [-0.25, -0.2) is 4.98 Å². The number of carbonyl (C=O) groups excluding carboxylic acids is 1. The fourth-order valence-electron chi connectivity index (χ4n) is 2.98. The maximum absolute atomic E-state index is 12.0. The molecule has 1 aliphatic heterocycles. The molecule has 2 aromatic heterocycles. The summed E-state index contributed by atoms with van der Waals surface area (Å²) in [6.07, 6.45) is 5.20. The van der Waals surface area contributed by atoms with Crippen molar-refractivity contribution in [3.8, 4) is 17.3 Å². The molecule has 0 N–H and O–H groups in total. The van der Waals surface area contributed by atoms with Crippen LogP contribution in [0.4, 0.5) is 5.69 Å². The molecule has 1 aliphatic rings. The lowest BCUT2D eigenvalue weighted by Crippen LogP contribution is -2.23. The number of hydrogen-bond donors (Lipinski definition) is 0. The van der Waals surface area contributed by atoms with Crippen LogP contribution < -0.4 is 4.90 Å². The summed E-state index contributed by atoms with van der Waals surface area (Å²) in [5, 5.41) is 0. The van der Waals surface area contributed by atoms with E-state index in [1.165, 1.54) is 0 Å². The normalized spacial score (nSPS) is 14.7. The Morgan fingerprint density at radius 2 is 2.04 bits per heavy atom. The number of amides is 1. The van der Waals surface area contributed by atoms with Crippen molar-refractivity contribution in [1.29, 1.82) is 0 Å². The van der Waals surface area contributed by atoms with Crippen LogP contribution in [-0.2, 0) is 4.79 Å². The zero-order chi connectivity index (χ0) is 15.8. The van der Waals surface area contributed by atoms with E-state index >= 15 is 0 Å². The fraction of sp³-hybridized carbons (Fsp3) is 0.222. The predicted molar refractivity (Wildman–Crippen MR) is 87.6 cm³/mol. The molecule has 4 rings (SSSR count). The molecular formula is C18H17N3O2. The van der Waals surface area contributed by atoms with Gasteiger partial charge in [-0.15, -0.1) is 0 Å². The molecule has 5 nitrogen and oxygen atoms in total. The van der Waals surface area contributed by atoms with Gasteiger partial charge in [-0.1, -0.05) is 6.07 Å². The van der Waals surface area contributed by atoms with Crippen molar-refractivity contribution in [3.05, 3.63) is 54.6 Å². The van der Waals surface area contributed by atoms with Gasteiger partial charge in [0, 0.05) is 36.7 Å². The highest BCUT2D eigenvalue weighted by Gasteiger charge is 2.22. The summed E-state index contributed by atoms with van der Waals surface area (Å²) < 4.78 is 7.66. The predicted octanol–water partition coefficient (Wildman–Crippen LogP) is 3.57. The van der Waals surface area contributed by atoms with Gasteiger partial charge in [0.25, 0.3) is 0 Å². The van der Waals surface area contributed by atoms with Gasteiger partial charge in [-0.2, -0.15) is 0 Å². The highest BCUT2D eigenvalue weighted by Crippen LogP contribution is 2.27. The number of nitrogens with zero attached hydrogens (tertiary/aromatic N) is 3. The summed E-state index contributed by atoms with van der Waals surface area (Å²) in [5.74, 6) is 2.53. The lowest BCUT2D eigenvalue weighted by atomic mass is 10.2. The summed E-state index contributed by atoms with van der Waals surface area (Å²) in [4.78, 5) is 18.2. The van der Waals surface area contributed by atoms with Crippen LogP contribution in [0.1, 0.15) is 18.6 Å². The second-order valence-corrected chi connectivity index (χ2v) is 5.70. The molecule has 1 amide bonds. The highest BCUT2D eigenvalue weighted by molar-refractivity contribution is 5.95. The Bertz CT molecular complexity index is 863. The van der Waals surface area contributed by atoms with Crippen molar-refractivity contribution in [2.45, 2.75) is 19.8 Å². The number of rotatable bonds is 3. The van der Waals surface area contributed by atoms with Crippen LogP contribution >= 0.6 is 0 Å². The first-order chi connectivity index (χ1) is 11.2. The molecule has 23 heavy (non-hydrogen) atoms. The van der Waals surface area contributed by atoms with Crippen molar-refractivity contribution >= 4 is 11.6 Å². The molecule has 0 aliphatic carbocycles. The molecule has 0 unspecified atom stereocenters. The molecule has 1 fully saturated rings. The minimum Gasteiger partial charge on any atom is -0.458 e. The summed E-state index contributed by atoms with van der Waals surface area (Å²) in [6.45, 7) is 2.70. The molecule has 0 spiro atoms. The number of furan rings is 1. The summed E-state index contributed by atoms with van der Waals surface area (Å²) in [7, 11) is 0. The van der Waals surface area contributed by atoms with E-state index in [1.54, 1.807) is 6.20 Å². The Hall–Kier alpha value is -2.82. The summed E-state index contributed by atoms with van der Waals surface area (Å²) >= 11 is 0. The number of hydrogen-bond acceptors (Lipinski definition) is 3. The Balaban J connectivity index is 1.75. The lowest BCUT2D eigenvalue weighted by molar-refractivity contribution is -0.117. The van der Waals surface area contributed by atoms with Crippen LogP contribution in [0, 0.1) is 6.92 Å². The van der Waals surface area contributed by atoms with E-state index in [0.29, 0.717) is 6.42 Å². The molecule has 3 aromatic rings. The molecular weight excluding hydrogens is 290 g/mol. The minimum absolute atomic E-state index is 0.190. The lowest BCUT2D eigenvalue weighted by Gasteiger charge is -2.17.